The molecule has 0 aromatic heterocycles. The van der Waals surface area contributed by atoms with Gasteiger partial charge in [0.15, 0.2) is 0 Å². The van der Waals surface area contributed by atoms with E-state index < -0.39 is 31.3 Å². The first-order valence-corrected chi connectivity index (χ1v) is 6.82. The summed E-state index contributed by atoms with van der Waals surface area (Å²) in [6.45, 7) is -1.11. The number of alkyl halides is 3. The Morgan fingerprint density at radius 2 is 1.95 bits per heavy atom. The molecule has 2 fully saturated rings. The highest BCUT2D eigenvalue weighted by Gasteiger charge is 2.37. The number of aliphatic carboxylic acids is 1. The van der Waals surface area contributed by atoms with Crippen molar-refractivity contribution >= 4 is 12.0 Å². The molecule has 1 saturated carbocycles. The van der Waals surface area contributed by atoms with E-state index in [1.54, 1.807) is 0 Å². The molecule has 2 amide bonds. The first kappa shape index (κ1) is 15.9. The monoisotopic (exact) mass is 309 g/mol. The van der Waals surface area contributed by atoms with Crippen molar-refractivity contribution in [1.82, 2.24) is 15.1 Å². The number of urea groups is 1. The van der Waals surface area contributed by atoms with Crippen LogP contribution < -0.4 is 5.32 Å². The van der Waals surface area contributed by atoms with Crippen LogP contribution in [0.15, 0.2) is 0 Å². The first-order valence-electron chi connectivity index (χ1n) is 6.82. The molecule has 1 aliphatic carbocycles. The van der Waals surface area contributed by atoms with Crippen molar-refractivity contribution in [1.29, 1.82) is 0 Å². The van der Waals surface area contributed by atoms with Gasteiger partial charge in [-0.15, -0.1) is 0 Å². The molecule has 1 aliphatic heterocycles. The smallest absolute Gasteiger partial charge is 0.406 e. The van der Waals surface area contributed by atoms with Gasteiger partial charge in [-0.3, -0.25) is 9.69 Å². The molecule has 21 heavy (non-hydrogen) atoms. The minimum absolute atomic E-state index is 0.220. The number of hydrogen-bond donors (Lipinski definition) is 2. The molecule has 0 radical (unpaired) electrons. The summed E-state index contributed by atoms with van der Waals surface area (Å²) in [6, 6.07) is -0.655. The van der Waals surface area contributed by atoms with Gasteiger partial charge in [-0.1, -0.05) is 0 Å². The van der Waals surface area contributed by atoms with E-state index in [0.29, 0.717) is 19.0 Å². The van der Waals surface area contributed by atoms with Crippen LogP contribution in [0.2, 0.25) is 0 Å². The van der Waals surface area contributed by atoms with Crippen molar-refractivity contribution in [2.24, 2.45) is 0 Å². The van der Waals surface area contributed by atoms with E-state index in [0.717, 1.165) is 19.4 Å². The molecule has 0 spiro atoms. The van der Waals surface area contributed by atoms with Crippen molar-refractivity contribution in [2.75, 3.05) is 26.2 Å². The Balaban J connectivity index is 1.86. The Bertz CT molecular complexity index is 412. The molecule has 0 aromatic rings. The number of halogens is 3. The molecule has 9 heteroatoms. The zero-order valence-corrected chi connectivity index (χ0v) is 11.4. The number of nitrogens with zero attached hydrogens (tertiary/aromatic N) is 2. The van der Waals surface area contributed by atoms with Gasteiger partial charge in [0.2, 0.25) is 0 Å². The number of likely N-dealkylation sites (tertiary alicyclic amines) is 1. The van der Waals surface area contributed by atoms with Gasteiger partial charge in [0.25, 0.3) is 0 Å². The minimum atomic E-state index is -4.62. The van der Waals surface area contributed by atoms with E-state index in [1.807, 2.05) is 0 Å². The zero-order valence-electron chi connectivity index (χ0n) is 11.4. The standard InChI is InChI=1S/C12H18F3N3O3/c13-12(14,15)7-18(6-10(19)20)11(21)16-8-3-4-17(5-8)9-1-2-9/h8-9H,1-7H2,(H,16,21)(H,19,20). The summed E-state index contributed by atoms with van der Waals surface area (Å²) in [7, 11) is 0. The summed E-state index contributed by atoms with van der Waals surface area (Å²) in [5.41, 5.74) is 0. The normalized spacial score (nSPS) is 23.1. The summed E-state index contributed by atoms with van der Waals surface area (Å²) in [5, 5.41) is 11.1. The van der Waals surface area contributed by atoms with E-state index in [4.69, 9.17) is 5.11 Å². The fourth-order valence-electron chi connectivity index (χ4n) is 2.52. The second kappa shape index (κ2) is 6.08. The molecular formula is C12H18F3N3O3. The van der Waals surface area contributed by atoms with Crippen molar-refractivity contribution < 1.29 is 27.9 Å². The highest BCUT2D eigenvalue weighted by atomic mass is 19.4. The fraction of sp³-hybridized carbons (Fsp3) is 0.833. The Kier molecular flexibility index (Phi) is 4.60. The van der Waals surface area contributed by atoms with Gasteiger partial charge < -0.3 is 15.3 Å². The minimum Gasteiger partial charge on any atom is -0.480 e. The second-order valence-corrected chi connectivity index (χ2v) is 5.53. The molecule has 2 aliphatic rings. The molecule has 0 bridgehead atoms. The Hall–Kier alpha value is -1.51. The lowest BCUT2D eigenvalue weighted by Crippen LogP contribution is -2.50. The third kappa shape index (κ3) is 5.07. The van der Waals surface area contributed by atoms with Gasteiger partial charge in [0, 0.05) is 25.2 Å². The van der Waals surface area contributed by atoms with Gasteiger partial charge in [-0.2, -0.15) is 13.2 Å². The van der Waals surface area contributed by atoms with E-state index in [9.17, 15) is 22.8 Å². The van der Waals surface area contributed by atoms with Crippen molar-refractivity contribution in [3.63, 3.8) is 0 Å². The summed E-state index contributed by atoms with van der Waals surface area (Å²) < 4.78 is 37.2. The number of hydrogen-bond acceptors (Lipinski definition) is 3. The van der Waals surface area contributed by atoms with E-state index >= 15 is 0 Å². The fourth-order valence-corrected chi connectivity index (χ4v) is 2.52. The van der Waals surface area contributed by atoms with Crippen LogP contribution >= 0.6 is 0 Å². The summed E-state index contributed by atoms with van der Waals surface area (Å²) in [4.78, 5) is 24.9. The highest BCUT2D eigenvalue weighted by Crippen LogP contribution is 2.29. The quantitative estimate of drug-likeness (QED) is 0.791. The topological polar surface area (TPSA) is 72.9 Å². The maximum atomic E-state index is 12.4. The van der Waals surface area contributed by atoms with Crippen LogP contribution in [0.3, 0.4) is 0 Å². The predicted octanol–water partition coefficient (Wildman–Crippen LogP) is 0.882. The number of rotatable bonds is 5. The summed E-state index contributed by atoms with van der Waals surface area (Å²) in [6.07, 6.45) is -1.70. The molecule has 1 saturated heterocycles. The Morgan fingerprint density at radius 1 is 1.29 bits per heavy atom. The molecule has 6 nitrogen and oxygen atoms in total. The van der Waals surface area contributed by atoms with Gasteiger partial charge in [-0.05, 0) is 19.3 Å². The predicted molar refractivity (Wildman–Crippen MR) is 66.8 cm³/mol. The van der Waals surface area contributed by atoms with Crippen LogP contribution in [0.1, 0.15) is 19.3 Å². The zero-order chi connectivity index (χ0) is 15.6. The molecular weight excluding hydrogens is 291 g/mol. The lowest BCUT2D eigenvalue weighted by Gasteiger charge is -2.24. The van der Waals surface area contributed by atoms with E-state index in [2.05, 4.69) is 10.2 Å². The molecule has 1 heterocycles. The lowest BCUT2D eigenvalue weighted by molar-refractivity contribution is -0.149. The van der Waals surface area contributed by atoms with Gasteiger partial charge in [0.05, 0.1) is 0 Å². The number of carbonyl (C=O) groups is 2. The largest absolute Gasteiger partial charge is 0.480 e. The molecule has 0 aromatic carbocycles. The SMILES string of the molecule is O=C(O)CN(CC(F)(F)F)C(=O)NC1CCN(C2CC2)C1. The van der Waals surface area contributed by atoms with Crippen molar-refractivity contribution in [3.8, 4) is 0 Å². The lowest BCUT2D eigenvalue weighted by atomic mass is 10.3. The average molecular weight is 309 g/mol. The third-order valence-electron chi connectivity index (χ3n) is 3.59. The van der Waals surface area contributed by atoms with Gasteiger partial charge in [0.1, 0.15) is 13.1 Å². The summed E-state index contributed by atoms with van der Waals surface area (Å²) in [5.74, 6) is -1.47. The van der Waals surface area contributed by atoms with Crippen LogP contribution in [0.4, 0.5) is 18.0 Å². The first-order chi connectivity index (χ1) is 9.74. The van der Waals surface area contributed by atoms with Crippen LogP contribution in [-0.2, 0) is 4.79 Å². The van der Waals surface area contributed by atoms with Gasteiger partial charge in [-0.25, -0.2) is 4.79 Å². The number of carboxylic acids is 1. The number of carboxylic acid groups (broad SMARTS) is 1. The van der Waals surface area contributed by atoms with Crippen LogP contribution in [-0.4, -0.2) is 71.3 Å². The van der Waals surface area contributed by atoms with Crippen LogP contribution in [0.5, 0.6) is 0 Å². The number of amides is 2. The molecule has 1 unspecified atom stereocenters. The molecule has 2 rings (SSSR count). The van der Waals surface area contributed by atoms with Crippen LogP contribution in [0, 0.1) is 0 Å². The summed E-state index contributed by atoms with van der Waals surface area (Å²) >= 11 is 0. The van der Waals surface area contributed by atoms with Crippen molar-refractivity contribution in [2.45, 2.75) is 37.5 Å². The van der Waals surface area contributed by atoms with Crippen molar-refractivity contribution in [3.05, 3.63) is 0 Å². The maximum Gasteiger partial charge on any atom is 0.406 e. The second-order valence-electron chi connectivity index (χ2n) is 5.53. The average Bonchev–Trinajstić information content (AvgIpc) is 3.07. The number of nitrogens with one attached hydrogen (secondary N) is 1. The molecule has 2 N–H and O–H groups in total. The third-order valence-corrected chi connectivity index (χ3v) is 3.59. The van der Waals surface area contributed by atoms with Gasteiger partial charge >= 0.3 is 18.2 Å². The molecule has 120 valence electrons. The van der Waals surface area contributed by atoms with Crippen LogP contribution in [0.25, 0.3) is 0 Å². The highest BCUT2D eigenvalue weighted by molar-refractivity contribution is 5.80. The van der Waals surface area contributed by atoms with E-state index in [-0.39, 0.29) is 10.9 Å². The van der Waals surface area contributed by atoms with E-state index in [1.165, 1.54) is 0 Å². The Morgan fingerprint density at radius 3 is 2.48 bits per heavy atom. The Labute approximate surface area is 119 Å². The number of carbonyl (C=O) groups excluding carboxylic acids is 1. The molecule has 1 atom stereocenters. The maximum absolute atomic E-state index is 12.4.